The Hall–Kier alpha value is -7.25. The van der Waals surface area contributed by atoms with Crippen molar-refractivity contribution in [1.82, 2.24) is 29.3 Å². The van der Waals surface area contributed by atoms with Crippen molar-refractivity contribution >= 4 is 62.0 Å². The van der Waals surface area contributed by atoms with Crippen molar-refractivity contribution in [3.63, 3.8) is 0 Å². The molecule has 0 bridgehead atoms. The number of benzene rings is 6. The van der Waals surface area contributed by atoms with Crippen LogP contribution in [0.5, 0.6) is 0 Å². The fourth-order valence-electron chi connectivity index (χ4n) is 8.06. The van der Waals surface area contributed by atoms with Crippen LogP contribution in [0.1, 0.15) is 17.2 Å². The van der Waals surface area contributed by atoms with Gasteiger partial charge in [-0.05, 0) is 51.1 Å². The molecule has 0 saturated heterocycles. The number of hydrogen-bond donors (Lipinski definition) is 0. The van der Waals surface area contributed by atoms with Gasteiger partial charge in [0.05, 0.1) is 16.7 Å². The molecular weight excluding hydrogens is 671 g/mol. The number of pyridine rings is 2. The second-order valence-electron chi connectivity index (χ2n) is 14.1. The lowest BCUT2D eigenvalue weighted by Crippen LogP contribution is -2.10. The van der Waals surface area contributed by atoms with E-state index in [1.54, 1.807) is 0 Å². The van der Waals surface area contributed by atoms with E-state index in [4.69, 9.17) is 24.9 Å². The van der Waals surface area contributed by atoms with Gasteiger partial charge in [-0.2, -0.15) is 0 Å². The summed E-state index contributed by atoms with van der Waals surface area (Å²) >= 11 is 0. The Morgan fingerprint density at radius 2 is 1.13 bits per heavy atom. The van der Waals surface area contributed by atoms with Crippen LogP contribution in [-0.2, 0) is 0 Å². The molecule has 1 aliphatic rings. The number of nitrogens with zero attached hydrogens (tertiary/aromatic N) is 6. The molecule has 0 fully saturated rings. The van der Waals surface area contributed by atoms with Crippen molar-refractivity contribution in [2.45, 2.75) is 5.82 Å². The average Bonchev–Trinajstić information content (AvgIpc) is 3.66. The Morgan fingerprint density at radius 3 is 1.82 bits per heavy atom. The number of aromatic nitrogens is 6. The van der Waals surface area contributed by atoms with Crippen LogP contribution in [0.25, 0.3) is 88.7 Å². The van der Waals surface area contributed by atoms with E-state index in [-0.39, 0.29) is 5.82 Å². The summed E-state index contributed by atoms with van der Waals surface area (Å²) < 4.78 is 2.15. The fraction of sp³-hybridized carbons (Fsp3) is 0.0208. The van der Waals surface area contributed by atoms with Crippen molar-refractivity contribution in [2.24, 2.45) is 0 Å². The van der Waals surface area contributed by atoms with Crippen molar-refractivity contribution in [2.75, 3.05) is 0 Å². The second kappa shape index (κ2) is 12.7. The topological polar surface area (TPSA) is 68.9 Å². The van der Waals surface area contributed by atoms with Crippen molar-refractivity contribution in [3.8, 4) is 34.0 Å². The molecular formula is C48H31BN6. The highest BCUT2D eigenvalue weighted by Gasteiger charge is 2.21. The zero-order valence-electron chi connectivity index (χ0n) is 29.7. The molecule has 1 atom stereocenters. The van der Waals surface area contributed by atoms with Gasteiger partial charge >= 0.3 is 0 Å². The molecule has 7 heteroatoms. The van der Waals surface area contributed by atoms with Gasteiger partial charge in [-0.3, -0.25) is 4.40 Å². The van der Waals surface area contributed by atoms with Crippen molar-refractivity contribution in [1.29, 1.82) is 0 Å². The number of para-hydroxylation sites is 1. The van der Waals surface area contributed by atoms with Gasteiger partial charge < -0.3 is 0 Å². The number of hydrogen-bond acceptors (Lipinski definition) is 5. The van der Waals surface area contributed by atoms with Crippen LogP contribution in [0.15, 0.2) is 176 Å². The summed E-state index contributed by atoms with van der Waals surface area (Å²) in [6.45, 7) is 0. The van der Waals surface area contributed by atoms with Gasteiger partial charge in [-0.1, -0.05) is 146 Å². The van der Waals surface area contributed by atoms with Crippen LogP contribution in [0.2, 0.25) is 0 Å². The predicted molar refractivity (Wildman–Crippen MR) is 226 cm³/mol. The summed E-state index contributed by atoms with van der Waals surface area (Å²) in [6.07, 6.45) is 6.52. The average molecular weight is 703 g/mol. The van der Waals surface area contributed by atoms with Gasteiger partial charge in [0, 0.05) is 33.8 Å². The van der Waals surface area contributed by atoms with Gasteiger partial charge in [0.1, 0.15) is 11.2 Å². The molecule has 6 nitrogen and oxygen atoms in total. The minimum absolute atomic E-state index is 0.218. The third-order valence-electron chi connectivity index (χ3n) is 10.8. The van der Waals surface area contributed by atoms with Crippen molar-refractivity contribution < 1.29 is 0 Å². The van der Waals surface area contributed by atoms with Gasteiger partial charge in [-0.25, -0.2) is 24.9 Å². The molecule has 1 aliphatic heterocycles. The SMILES string of the molecule is B1C=C(c2nc(-c3cccc4ccccc34)nc(-c3cccc4ccccc34)n2)C=CC1c1ccc(-c2nc3ccccc3c3nc4ccccn4c23)cc1. The van der Waals surface area contributed by atoms with Gasteiger partial charge in [0.25, 0.3) is 0 Å². The summed E-state index contributed by atoms with van der Waals surface area (Å²) in [6, 6.07) is 52.6. The number of rotatable bonds is 5. The highest BCUT2D eigenvalue weighted by Crippen LogP contribution is 2.36. The van der Waals surface area contributed by atoms with E-state index in [1.165, 1.54) is 5.56 Å². The molecule has 1 unspecified atom stereocenters. The fourth-order valence-corrected chi connectivity index (χ4v) is 8.06. The van der Waals surface area contributed by atoms with E-state index < -0.39 is 0 Å². The van der Waals surface area contributed by atoms with E-state index in [1.807, 2.05) is 30.3 Å². The first kappa shape index (κ1) is 31.3. The first-order chi connectivity index (χ1) is 27.2. The molecule has 5 heterocycles. The Kier molecular flexibility index (Phi) is 7.23. The third kappa shape index (κ3) is 5.31. The maximum absolute atomic E-state index is 5.17. The zero-order valence-corrected chi connectivity index (χ0v) is 29.7. The monoisotopic (exact) mass is 702 g/mol. The summed E-state index contributed by atoms with van der Waals surface area (Å²) in [7, 11) is 0.829. The standard InChI is InChI=1S/C48H31BN6/c1-3-15-35-30(11-1)13-9-18-37(35)47-52-46(53-48(54-47)38-19-10-14-31-12-2-4-16-36(31)38)34-26-27-40(49-29-34)32-22-24-33(25-23-32)43-45-44(39-17-5-6-20-41(39)50-43)51-42-21-7-8-28-55(42)45/h1-29,40,49H. The van der Waals surface area contributed by atoms with Crippen LogP contribution in [0.4, 0.5) is 0 Å². The molecule has 0 radical (unpaired) electrons. The molecule has 0 aliphatic carbocycles. The molecule has 0 spiro atoms. The van der Waals surface area contributed by atoms with E-state index in [0.717, 1.165) is 84.4 Å². The second-order valence-corrected chi connectivity index (χ2v) is 14.1. The zero-order chi connectivity index (χ0) is 36.3. The highest BCUT2D eigenvalue weighted by atomic mass is 15.0. The normalized spacial score (nSPS) is 14.2. The first-order valence-corrected chi connectivity index (χ1v) is 18.6. The Labute approximate surface area is 317 Å². The number of allylic oxidation sites excluding steroid dienone is 3. The molecule has 0 saturated carbocycles. The predicted octanol–water partition coefficient (Wildman–Crippen LogP) is 10.6. The van der Waals surface area contributed by atoms with Crippen LogP contribution in [-0.4, -0.2) is 36.6 Å². The molecule has 4 aromatic heterocycles. The summed E-state index contributed by atoms with van der Waals surface area (Å²) in [5.41, 5.74) is 10.1. The van der Waals surface area contributed by atoms with Gasteiger partial charge in [0.2, 0.25) is 0 Å². The van der Waals surface area contributed by atoms with E-state index in [2.05, 4.69) is 150 Å². The van der Waals surface area contributed by atoms with E-state index in [0.29, 0.717) is 17.5 Å². The lowest BCUT2D eigenvalue weighted by molar-refractivity contribution is 1.04. The molecule has 55 heavy (non-hydrogen) atoms. The Balaban J connectivity index is 0.957. The molecule has 11 rings (SSSR count). The maximum Gasteiger partial charge on any atom is 0.164 e. The third-order valence-corrected chi connectivity index (χ3v) is 10.8. The maximum atomic E-state index is 5.17. The molecule has 0 N–H and O–H groups in total. The van der Waals surface area contributed by atoms with Gasteiger partial charge in [0.15, 0.2) is 24.8 Å². The molecule has 256 valence electrons. The number of imidazole rings is 1. The Bertz CT molecular complexity index is 3090. The van der Waals surface area contributed by atoms with Crippen molar-refractivity contribution in [3.05, 3.63) is 187 Å². The first-order valence-electron chi connectivity index (χ1n) is 18.6. The van der Waals surface area contributed by atoms with Crippen LogP contribution < -0.4 is 0 Å². The lowest BCUT2D eigenvalue weighted by atomic mass is 9.58. The Morgan fingerprint density at radius 1 is 0.509 bits per heavy atom. The lowest BCUT2D eigenvalue weighted by Gasteiger charge is -2.17. The molecule has 0 amide bonds. The summed E-state index contributed by atoms with van der Waals surface area (Å²) in [5.74, 6) is 4.49. The van der Waals surface area contributed by atoms with Crippen LogP contribution in [0, 0.1) is 0 Å². The van der Waals surface area contributed by atoms with E-state index >= 15 is 0 Å². The van der Waals surface area contributed by atoms with Crippen LogP contribution >= 0.6 is 0 Å². The largest absolute Gasteiger partial charge is 0.298 e. The molecule has 6 aromatic carbocycles. The summed E-state index contributed by atoms with van der Waals surface area (Å²) in [4.78, 5) is 25.6. The highest BCUT2D eigenvalue weighted by molar-refractivity contribution is 6.47. The van der Waals surface area contributed by atoms with Gasteiger partial charge in [-0.15, -0.1) is 5.98 Å². The smallest absolute Gasteiger partial charge is 0.164 e. The quantitative estimate of drug-likeness (QED) is 0.167. The summed E-state index contributed by atoms with van der Waals surface area (Å²) in [5, 5.41) is 5.59. The number of fused-ring (bicyclic) bond motifs is 7. The van der Waals surface area contributed by atoms with E-state index in [9.17, 15) is 0 Å². The van der Waals surface area contributed by atoms with Crippen LogP contribution in [0.3, 0.4) is 0 Å². The minimum Gasteiger partial charge on any atom is -0.298 e. The molecule has 10 aromatic rings. The minimum atomic E-state index is 0.218.